The molecule has 14 heavy (non-hydrogen) atoms. The van der Waals surface area contributed by atoms with Crippen LogP contribution in [-0.4, -0.2) is 12.5 Å². The van der Waals surface area contributed by atoms with Gasteiger partial charge in [0, 0.05) is 24.5 Å². The maximum atomic E-state index is 11.5. The second-order valence-electron chi connectivity index (χ2n) is 3.09. The van der Waals surface area contributed by atoms with E-state index < -0.39 is 0 Å². The third kappa shape index (κ3) is 3.47. The molecule has 76 valence electrons. The number of hydrogen-bond donors (Lipinski definition) is 2. The smallest absolute Gasteiger partial charge is 0.251 e. The normalized spacial score (nSPS) is 14.2. The zero-order chi connectivity index (χ0) is 10.2. The molecule has 0 aromatic heterocycles. The van der Waals surface area contributed by atoms with Crippen LogP contribution in [0.5, 0.6) is 0 Å². The van der Waals surface area contributed by atoms with Gasteiger partial charge in [-0.1, -0.05) is 13.3 Å². The first kappa shape index (κ1) is 10.6. The van der Waals surface area contributed by atoms with Crippen LogP contribution in [0.1, 0.15) is 19.8 Å². The molecule has 1 aliphatic rings. The third-order valence-corrected chi connectivity index (χ3v) is 1.91. The van der Waals surface area contributed by atoms with Crippen molar-refractivity contribution in [1.29, 1.82) is 0 Å². The highest BCUT2D eigenvalue weighted by Crippen LogP contribution is 2.00. The Morgan fingerprint density at radius 1 is 1.50 bits per heavy atom. The fraction of sp³-hybridized carbons (Fsp3) is 0.364. The van der Waals surface area contributed by atoms with Gasteiger partial charge in [-0.25, -0.2) is 0 Å². The maximum Gasteiger partial charge on any atom is 0.251 e. The van der Waals surface area contributed by atoms with Crippen LogP contribution < -0.4 is 10.6 Å². The summed E-state index contributed by atoms with van der Waals surface area (Å²) in [4.78, 5) is 11.5. The van der Waals surface area contributed by atoms with Gasteiger partial charge in [0.25, 0.3) is 5.91 Å². The zero-order valence-electron chi connectivity index (χ0n) is 8.42. The molecule has 0 bridgehead atoms. The van der Waals surface area contributed by atoms with Gasteiger partial charge in [-0.3, -0.25) is 4.79 Å². The van der Waals surface area contributed by atoms with Crippen LogP contribution in [-0.2, 0) is 4.79 Å². The Kier molecular flexibility index (Phi) is 4.55. The maximum absolute atomic E-state index is 11.5. The second-order valence-corrected chi connectivity index (χ2v) is 3.09. The van der Waals surface area contributed by atoms with Crippen molar-refractivity contribution in [1.82, 2.24) is 10.6 Å². The molecule has 0 radical (unpaired) electrons. The van der Waals surface area contributed by atoms with Gasteiger partial charge in [-0.15, -0.1) is 0 Å². The van der Waals surface area contributed by atoms with E-state index in [1.54, 1.807) is 24.6 Å². The lowest BCUT2D eigenvalue weighted by molar-refractivity contribution is -0.117. The minimum absolute atomic E-state index is 0.0111. The zero-order valence-corrected chi connectivity index (χ0v) is 8.42. The first-order valence-electron chi connectivity index (χ1n) is 4.92. The average molecular weight is 192 g/mol. The van der Waals surface area contributed by atoms with E-state index in [0.29, 0.717) is 5.57 Å². The molecule has 3 heteroatoms. The van der Waals surface area contributed by atoms with Crippen molar-refractivity contribution in [3.63, 3.8) is 0 Å². The molecule has 3 nitrogen and oxygen atoms in total. The Bertz CT molecular complexity index is 277. The second kappa shape index (κ2) is 6.02. The minimum Gasteiger partial charge on any atom is -0.368 e. The number of rotatable bonds is 4. The molecule has 0 fully saturated rings. The lowest BCUT2D eigenvalue weighted by Gasteiger charge is -2.03. The summed E-state index contributed by atoms with van der Waals surface area (Å²) in [7, 11) is 0. The molecule has 0 aromatic carbocycles. The largest absolute Gasteiger partial charge is 0.368 e. The van der Waals surface area contributed by atoms with Crippen LogP contribution in [0.3, 0.4) is 0 Å². The van der Waals surface area contributed by atoms with Gasteiger partial charge in [0.1, 0.15) is 0 Å². The standard InChI is InChI=1S/C11H16N2O/c1-2-3-8-13-11(14)10-5-4-7-12-9-6-10/h4-7,9,12H,2-3,8H2,1H3,(H,13,14). The van der Waals surface area contributed by atoms with Gasteiger partial charge in [0.2, 0.25) is 0 Å². The number of amides is 1. The van der Waals surface area contributed by atoms with Gasteiger partial charge in [-0.05, 0) is 24.6 Å². The lowest BCUT2D eigenvalue weighted by atomic mass is 10.2. The SMILES string of the molecule is CCCCNC(=O)C1=CC=CNC=C1. The summed E-state index contributed by atoms with van der Waals surface area (Å²) in [6.07, 6.45) is 11.0. The molecule has 1 aliphatic heterocycles. The van der Waals surface area contributed by atoms with Crippen LogP contribution >= 0.6 is 0 Å². The monoisotopic (exact) mass is 192 g/mol. The molecule has 1 heterocycles. The first-order chi connectivity index (χ1) is 6.84. The summed E-state index contributed by atoms with van der Waals surface area (Å²) >= 11 is 0. The molecule has 1 rings (SSSR count). The van der Waals surface area contributed by atoms with Crippen LogP contribution in [0.4, 0.5) is 0 Å². The molecule has 0 spiro atoms. The van der Waals surface area contributed by atoms with E-state index in [1.807, 2.05) is 6.08 Å². The van der Waals surface area contributed by atoms with Gasteiger partial charge in [0.15, 0.2) is 0 Å². The van der Waals surface area contributed by atoms with Gasteiger partial charge in [-0.2, -0.15) is 0 Å². The Balaban J connectivity index is 2.43. The van der Waals surface area contributed by atoms with E-state index in [9.17, 15) is 4.79 Å². The lowest BCUT2D eigenvalue weighted by Crippen LogP contribution is -2.25. The molecule has 0 atom stereocenters. The summed E-state index contributed by atoms with van der Waals surface area (Å²) in [5, 5.41) is 5.77. The highest BCUT2D eigenvalue weighted by molar-refractivity contribution is 5.96. The molecule has 0 aromatic rings. The fourth-order valence-corrected chi connectivity index (χ4v) is 1.09. The van der Waals surface area contributed by atoms with Crippen molar-refractivity contribution in [2.45, 2.75) is 19.8 Å². The van der Waals surface area contributed by atoms with Crippen LogP contribution in [0.2, 0.25) is 0 Å². The molecular weight excluding hydrogens is 176 g/mol. The molecule has 2 N–H and O–H groups in total. The Hall–Kier alpha value is -1.51. The number of unbranched alkanes of at least 4 members (excludes halogenated alkanes) is 1. The van der Waals surface area contributed by atoms with Crippen molar-refractivity contribution in [2.75, 3.05) is 6.54 Å². The number of hydrogen-bond acceptors (Lipinski definition) is 2. The molecule has 0 saturated carbocycles. The fourth-order valence-electron chi connectivity index (χ4n) is 1.09. The van der Waals surface area contributed by atoms with Crippen LogP contribution in [0.25, 0.3) is 0 Å². The van der Waals surface area contributed by atoms with Crippen molar-refractivity contribution in [3.8, 4) is 0 Å². The van der Waals surface area contributed by atoms with Crippen molar-refractivity contribution < 1.29 is 4.79 Å². The topological polar surface area (TPSA) is 41.1 Å². The highest BCUT2D eigenvalue weighted by Gasteiger charge is 2.04. The van der Waals surface area contributed by atoms with Crippen LogP contribution in [0, 0.1) is 0 Å². The van der Waals surface area contributed by atoms with E-state index >= 15 is 0 Å². The summed E-state index contributed by atoms with van der Waals surface area (Å²) in [6.45, 7) is 2.85. The Labute approximate surface area is 84.6 Å². The summed E-state index contributed by atoms with van der Waals surface area (Å²) in [5.74, 6) is -0.0111. The molecule has 0 saturated heterocycles. The number of carbonyl (C=O) groups excluding carboxylic acids is 1. The van der Waals surface area contributed by atoms with Crippen molar-refractivity contribution >= 4 is 5.91 Å². The quantitative estimate of drug-likeness (QED) is 0.662. The minimum atomic E-state index is -0.0111. The molecular formula is C11H16N2O. The van der Waals surface area contributed by atoms with Crippen LogP contribution in [0.15, 0.2) is 36.2 Å². The van der Waals surface area contributed by atoms with E-state index in [1.165, 1.54) is 0 Å². The Morgan fingerprint density at radius 2 is 2.36 bits per heavy atom. The van der Waals surface area contributed by atoms with E-state index in [-0.39, 0.29) is 5.91 Å². The number of nitrogens with one attached hydrogen (secondary N) is 2. The number of allylic oxidation sites excluding steroid dienone is 2. The molecule has 0 aliphatic carbocycles. The Morgan fingerprint density at radius 3 is 3.14 bits per heavy atom. The predicted octanol–water partition coefficient (Wildman–Crippen LogP) is 1.46. The molecule has 1 amide bonds. The molecule has 0 unspecified atom stereocenters. The summed E-state index contributed by atoms with van der Waals surface area (Å²) in [6, 6.07) is 0. The van der Waals surface area contributed by atoms with Gasteiger partial charge >= 0.3 is 0 Å². The third-order valence-electron chi connectivity index (χ3n) is 1.91. The average Bonchev–Trinajstić information content (AvgIpc) is 2.46. The highest BCUT2D eigenvalue weighted by atomic mass is 16.1. The van der Waals surface area contributed by atoms with Crippen molar-refractivity contribution in [2.24, 2.45) is 0 Å². The van der Waals surface area contributed by atoms with E-state index in [4.69, 9.17) is 0 Å². The summed E-state index contributed by atoms with van der Waals surface area (Å²) in [5.41, 5.74) is 0.683. The van der Waals surface area contributed by atoms with Gasteiger partial charge < -0.3 is 10.6 Å². The van der Waals surface area contributed by atoms with Gasteiger partial charge in [0.05, 0.1) is 0 Å². The summed E-state index contributed by atoms with van der Waals surface area (Å²) < 4.78 is 0. The predicted molar refractivity (Wildman–Crippen MR) is 57.4 cm³/mol. The van der Waals surface area contributed by atoms with E-state index in [0.717, 1.165) is 19.4 Å². The number of carbonyl (C=O) groups is 1. The van der Waals surface area contributed by atoms with E-state index in [2.05, 4.69) is 17.6 Å². The first-order valence-corrected chi connectivity index (χ1v) is 4.92. The van der Waals surface area contributed by atoms with Crippen molar-refractivity contribution in [3.05, 3.63) is 36.2 Å².